The van der Waals surface area contributed by atoms with Gasteiger partial charge in [-0.1, -0.05) is 35.8 Å². The summed E-state index contributed by atoms with van der Waals surface area (Å²) in [5, 5.41) is 9.68. The van der Waals surface area contributed by atoms with Crippen molar-refractivity contribution in [2.24, 2.45) is 11.1 Å². The zero-order chi connectivity index (χ0) is 10.8. The van der Waals surface area contributed by atoms with E-state index in [1.165, 1.54) is 0 Å². The predicted molar refractivity (Wildman–Crippen MR) is 62.3 cm³/mol. The molecule has 0 amide bonds. The van der Waals surface area contributed by atoms with Crippen LogP contribution in [0.1, 0.15) is 19.4 Å². The van der Waals surface area contributed by atoms with Crippen molar-refractivity contribution in [2.75, 3.05) is 6.54 Å². The van der Waals surface area contributed by atoms with E-state index in [4.69, 9.17) is 5.73 Å². The lowest BCUT2D eigenvalue weighted by Crippen LogP contribution is -2.25. The molecule has 3 N–H and O–H groups in total. The molecule has 0 unspecified atom stereocenters. The van der Waals surface area contributed by atoms with Crippen molar-refractivity contribution < 1.29 is 5.11 Å². The highest BCUT2D eigenvalue weighted by Gasteiger charge is 2.18. The molecule has 0 fully saturated rings. The van der Waals surface area contributed by atoms with Gasteiger partial charge in [0, 0.05) is 4.47 Å². The smallest absolute Gasteiger partial charge is 0.119 e. The van der Waals surface area contributed by atoms with Crippen LogP contribution >= 0.6 is 15.9 Å². The molecule has 0 aliphatic heterocycles. The lowest BCUT2D eigenvalue weighted by atomic mass is 9.86. The van der Waals surface area contributed by atoms with Gasteiger partial charge >= 0.3 is 0 Å². The molecule has 78 valence electrons. The van der Waals surface area contributed by atoms with Gasteiger partial charge in [-0.15, -0.1) is 0 Å². The highest BCUT2D eigenvalue weighted by Crippen LogP contribution is 2.28. The summed E-state index contributed by atoms with van der Waals surface area (Å²) >= 11 is 3.31. The average Bonchev–Trinajstić information content (AvgIpc) is 2.10. The SMILES string of the molecule is CC(C)(CN)Cc1ccc(Br)cc1O. The molecule has 1 rings (SSSR count). The first-order chi connectivity index (χ1) is 6.44. The van der Waals surface area contributed by atoms with Crippen molar-refractivity contribution in [3.05, 3.63) is 28.2 Å². The van der Waals surface area contributed by atoms with E-state index in [-0.39, 0.29) is 5.41 Å². The minimum Gasteiger partial charge on any atom is -0.508 e. The van der Waals surface area contributed by atoms with E-state index in [0.717, 1.165) is 16.5 Å². The fourth-order valence-electron chi connectivity index (χ4n) is 1.27. The number of phenolic OH excluding ortho intramolecular Hbond substituents is 1. The first-order valence-electron chi connectivity index (χ1n) is 4.62. The first kappa shape index (κ1) is 11.5. The quantitative estimate of drug-likeness (QED) is 0.875. The zero-order valence-corrected chi connectivity index (χ0v) is 10.1. The third-order valence-corrected chi connectivity index (χ3v) is 2.76. The van der Waals surface area contributed by atoms with Gasteiger partial charge in [0.05, 0.1) is 0 Å². The average molecular weight is 258 g/mol. The van der Waals surface area contributed by atoms with Crippen LogP contribution in [-0.4, -0.2) is 11.7 Å². The minimum absolute atomic E-state index is 0.0330. The van der Waals surface area contributed by atoms with E-state index < -0.39 is 0 Å². The second-order valence-electron chi connectivity index (χ2n) is 4.32. The van der Waals surface area contributed by atoms with Crippen molar-refractivity contribution in [1.29, 1.82) is 0 Å². The molecular weight excluding hydrogens is 242 g/mol. The Morgan fingerprint density at radius 1 is 1.43 bits per heavy atom. The highest BCUT2D eigenvalue weighted by molar-refractivity contribution is 9.10. The van der Waals surface area contributed by atoms with Crippen LogP contribution < -0.4 is 5.73 Å². The van der Waals surface area contributed by atoms with Gasteiger partial charge in [0.2, 0.25) is 0 Å². The fraction of sp³-hybridized carbons (Fsp3) is 0.455. The Labute approximate surface area is 93.3 Å². The summed E-state index contributed by atoms with van der Waals surface area (Å²) < 4.78 is 0.893. The second-order valence-corrected chi connectivity index (χ2v) is 5.23. The van der Waals surface area contributed by atoms with E-state index in [9.17, 15) is 5.11 Å². The topological polar surface area (TPSA) is 46.2 Å². The Morgan fingerprint density at radius 3 is 2.57 bits per heavy atom. The van der Waals surface area contributed by atoms with Crippen LogP contribution in [0, 0.1) is 5.41 Å². The van der Waals surface area contributed by atoms with Crippen LogP contribution in [-0.2, 0) is 6.42 Å². The summed E-state index contributed by atoms with van der Waals surface area (Å²) in [5.41, 5.74) is 6.62. The molecule has 2 nitrogen and oxygen atoms in total. The highest BCUT2D eigenvalue weighted by atomic mass is 79.9. The van der Waals surface area contributed by atoms with Gasteiger partial charge in [0.1, 0.15) is 5.75 Å². The third-order valence-electron chi connectivity index (χ3n) is 2.27. The largest absolute Gasteiger partial charge is 0.508 e. The molecule has 0 aliphatic rings. The monoisotopic (exact) mass is 257 g/mol. The van der Waals surface area contributed by atoms with E-state index in [2.05, 4.69) is 29.8 Å². The molecule has 0 atom stereocenters. The number of hydrogen-bond donors (Lipinski definition) is 2. The van der Waals surface area contributed by atoms with Crippen molar-refractivity contribution in [2.45, 2.75) is 20.3 Å². The maximum Gasteiger partial charge on any atom is 0.119 e. The number of halogens is 1. The van der Waals surface area contributed by atoms with Gasteiger partial charge in [-0.2, -0.15) is 0 Å². The van der Waals surface area contributed by atoms with Crippen LogP contribution in [0.4, 0.5) is 0 Å². The third kappa shape index (κ3) is 3.00. The normalized spacial score (nSPS) is 11.7. The Hall–Kier alpha value is -0.540. The van der Waals surface area contributed by atoms with Crippen LogP contribution in [0.5, 0.6) is 5.75 Å². The number of phenols is 1. The van der Waals surface area contributed by atoms with Gasteiger partial charge in [-0.25, -0.2) is 0 Å². The summed E-state index contributed by atoms with van der Waals surface area (Å²) in [4.78, 5) is 0. The molecule has 3 heteroatoms. The van der Waals surface area contributed by atoms with Crippen molar-refractivity contribution >= 4 is 15.9 Å². The summed E-state index contributed by atoms with van der Waals surface area (Å²) in [6, 6.07) is 5.57. The molecule has 0 spiro atoms. The maximum atomic E-state index is 9.68. The molecule has 0 aromatic heterocycles. The first-order valence-corrected chi connectivity index (χ1v) is 5.41. The molecule has 1 aromatic rings. The molecule has 0 saturated heterocycles. The number of rotatable bonds is 3. The number of nitrogens with two attached hydrogens (primary N) is 1. The molecule has 14 heavy (non-hydrogen) atoms. The maximum absolute atomic E-state index is 9.68. The van der Waals surface area contributed by atoms with Gasteiger partial charge in [-0.3, -0.25) is 0 Å². The lowest BCUT2D eigenvalue weighted by Gasteiger charge is -2.22. The summed E-state index contributed by atoms with van der Waals surface area (Å²) in [6.45, 7) is 4.80. The minimum atomic E-state index is 0.0330. The van der Waals surface area contributed by atoms with Crippen molar-refractivity contribution in [3.8, 4) is 5.75 Å². The molecule has 0 heterocycles. The Kier molecular flexibility index (Phi) is 3.56. The van der Waals surface area contributed by atoms with E-state index in [1.807, 2.05) is 12.1 Å². The summed E-state index contributed by atoms with van der Waals surface area (Å²) in [5.74, 6) is 0.334. The molecule has 0 radical (unpaired) electrons. The summed E-state index contributed by atoms with van der Waals surface area (Å²) in [7, 11) is 0. The van der Waals surface area contributed by atoms with E-state index >= 15 is 0 Å². The standard InChI is InChI=1S/C11H16BrNO/c1-11(2,7-13)6-8-3-4-9(12)5-10(8)14/h3-5,14H,6-7,13H2,1-2H3. The van der Waals surface area contributed by atoms with E-state index in [0.29, 0.717) is 12.3 Å². The molecular formula is C11H16BrNO. The van der Waals surface area contributed by atoms with Crippen LogP contribution in [0.2, 0.25) is 0 Å². The van der Waals surface area contributed by atoms with Gasteiger partial charge in [0.15, 0.2) is 0 Å². The predicted octanol–water partition coefficient (Wildman–Crippen LogP) is 2.68. The number of benzene rings is 1. The molecule has 1 aromatic carbocycles. The Morgan fingerprint density at radius 2 is 2.07 bits per heavy atom. The number of hydrogen-bond acceptors (Lipinski definition) is 2. The summed E-state index contributed by atoms with van der Waals surface area (Å²) in [6.07, 6.45) is 0.794. The molecule has 0 aliphatic carbocycles. The van der Waals surface area contributed by atoms with E-state index in [1.54, 1.807) is 6.07 Å². The van der Waals surface area contributed by atoms with Crippen LogP contribution in [0.25, 0.3) is 0 Å². The lowest BCUT2D eigenvalue weighted by molar-refractivity contribution is 0.366. The molecule has 0 saturated carbocycles. The Balaban J connectivity index is 2.87. The second kappa shape index (κ2) is 4.32. The van der Waals surface area contributed by atoms with Gasteiger partial charge in [-0.05, 0) is 36.1 Å². The number of aromatic hydroxyl groups is 1. The van der Waals surface area contributed by atoms with Gasteiger partial charge in [0.25, 0.3) is 0 Å². The Bertz CT molecular complexity index is 323. The van der Waals surface area contributed by atoms with Gasteiger partial charge < -0.3 is 10.8 Å². The van der Waals surface area contributed by atoms with Crippen LogP contribution in [0.15, 0.2) is 22.7 Å². The molecule has 0 bridgehead atoms. The fourth-order valence-corrected chi connectivity index (χ4v) is 1.62. The van der Waals surface area contributed by atoms with Crippen molar-refractivity contribution in [1.82, 2.24) is 0 Å². The van der Waals surface area contributed by atoms with Crippen molar-refractivity contribution in [3.63, 3.8) is 0 Å². The zero-order valence-electron chi connectivity index (χ0n) is 8.55. The van der Waals surface area contributed by atoms with Crippen LogP contribution in [0.3, 0.4) is 0 Å².